The standard InChI is InChI=1S/C25H33N3O5S/c1-15-6-7-17-20(12-15)34-24(21(17)25(30)28-10-8-27(2)9-11-28)26-23(29)16-13-18(31-3)22(33-5)19(14-16)32-4/h13-15H,6-12H2,1-5H3,(H,26,29)/p+1. The van der Waals surface area contributed by atoms with Crippen molar-refractivity contribution >= 4 is 28.2 Å². The minimum atomic E-state index is -0.317. The number of carbonyl (C=O) groups excluding carboxylic acids is 2. The molecule has 1 aliphatic heterocycles. The van der Waals surface area contributed by atoms with Gasteiger partial charge in [-0.15, -0.1) is 11.3 Å². The number of hydrogen-bond donors (Lipinski definition) is 2. The molecule has 1 fully saturated rings. The Morgan fingerprint density at radius 1 is 1.09 bits per heavy atom. The molecule has 2 heterocycles. The average Bonchev–Trinajstić information content (AvgIpc) is 3.19. The molecule has 184 valence electrons. The zero-order valence-electron chi connectivity index (χ0n) is 20.6. The van der Waals surface area contributed by atoms with Crippen LogP contribution in [0.3, 0.4) is 0 Å². The van der Waals surface area contributed by atoms with E-state index in [0.717, 1.165) is 51.0 Å². The van der Waals surface area contributed by atoms with Crippen molar-refractivity contribution in [2.24, 2.45) is 5.92 Å². The number of quaternary nitrogens is 1. The van der Waals surface area contributed by atoms with Gasteiger partial charge in [-0.1, -0.05) is 6.92 Å². The molecule has 34 heavy (non-hydrogen) atoms. The zero-order valence-corrected chi connectivity index (χ0v) is 21.4. The molecule has 9 heteroatoms. The highest BCUT2D eigenvalue weighted by molar-refractivity contribution is 7.17. The highest BCUT2D eigenvalue weighted by Crippen LogP contribution is 2.42. The minimum Gasteiger partial charge on any atom is -0.493 e. The molecule has 1 atom stereocenters. The Bertz CT molecular complexity index is 1050. The summed E-state index contributed by atoms with van der Waals surface area (Å²) in [5, 5.41) is 3.68. The Morgan fingerprint density at radius 3 is 2.32 bits per heavy atom. The second-order valence-corrected chi connectivity index (χ2v) is 10.3. The van der Waals surface area contributed by atoms with Crippen LogP contribution in [0.5, 0.6) is 17.2 Å². The van der Waals surface area contributed by atoms with Crippen molar-refractivity contribution < 1.29 is 28.7 Å². The number of likely N-dealkylation sites (N-methyl/N-ethyl adjacent to an activating group) is 1. The number of fused-ring (bicyclic) bond motifs is 1. The summed E-state index contributed by atoms with van der Waals surface area (Å²) in [7, 11) is 6.71. The Labute approximate surface area is 204 Å². The van der Waals surface area contributed by atoms with Crippen LogP contribution in [0.2, 0.25) is 0 Å². The molecule has 0 bridgehead atoms. The first-order valence-electron chi connectivity index (χ1n) is 11.7. The maximum atomic E-state index is 13.7. The third-order valence-corrected chi connectivity index (χ3v) is 7.95. The highest BCUT2D eigenvalue weighted by Gasteiger charge is 2.32. The quantitative estimate of drug-likeness (QED) is 0.651. The van der Waals surface area contributed by atoms with Crippen LogP contribution in [0.4, 0.5) is 5.00 Å². The minimum absolute atomic E-state index is 0.0275. The maximum Gasteiger partial charge on any atom is 0.257 e. The third kappa shape index (κ3) is 4.72. The van der Waals surface area contributed by atoms with E-state index in [4.69, 9.17) is 14.2 Å². The number of amides is 2. The summed E-state index contributed by atoms with van der Waals surface area (Å²) in [5.41, 5.74) is 2.16. The van der Waals surface area contributed by atoms with Crippen molar-refractivity contribution in [3.8, 4) is 17.2 Å². The van der Waals surface area contributed by atoms with E-state index in [-0.39, 0.29) is 11.8 Å². The van der Waals surface area contributed by atoms with Crippen molar-refractivity contribution in [1.29, 1.82) is 0 Å². The van der Waals surface area contributed by atoms with Crippen molar-refractivity contribution in [1.82, 2.24) is 4.90 Å². The normalized spacial score (nSPS) is 18.3. The Balaban J connectivity index is 1.68. The number of piperazine rings is 1. The van der Waals surface area contributed by atoms with Crippen molar-refractivity contribution in [2.75, 3.05) is 59.9 Å². The van der Waals surface area contributed by atoms with Gasteiger partial charge in [0, 0.05) is 10.4 Å². The smallest absolute Gasteiger partial charge is 0.257 e. The lowest BCUT2D eigenvalue weighted by Gasteiger charge is -2.30. The number of methoxy groups -OCH3 is 3. The number of nitrogens with zero attached hydrogens (tertiary/aromatic N) is 1. The molecule has 1 aromatic heterocycles. The molecule has 2 aromatic rings. The van der Waals surface area contributed by atoms with E-state index in [1.54, 1.807) is 12.1 Å². The van der Waals surface area contributed by atoms with Gasteiger partial charge in [0.2, 0.25) is 5.75 Å². The van der Waals surface area contributed by atoms with E-state index in [1.807, 2.05) is 4.90 Å². The molecule has 2 N–H and O–H groups in total. The number of rotatable bonds is 6. The SMILES string of the molecule is COc1cc(C(=O)Nc2sc3c(c2C(=O)N2CC[NH+](C)CC2)CCC(C)C3)cc(OC)c1OC. The number of hydrogen-bond acceptors (Lipinski definition) is 6. The lowest BCUT2D eigenvalue weighted by atomic mass is 9.88. The van der Waals surface area contributed by atoms with E-state index >= 15 is 0 Å². The van der Waals surface area contributed by atoms with Gasteiger partial charge in [-0.25, -0.2) is 0 Å². The summed E-state index contributed by atoms with van der Waals surface area (Å²) in [6, 6.07) is 3.24. The molecule has 4 rings (SSSR count). The number of thiophene rings is 1. The lowest BCUT2D eigenvalue weighted by Crippen LogP contribution is -3.12. The van der Waals surface area contributed by atoms with Crippen LogP contribution in [0, 0.1) is 5.92 Å². The summed E-state index contributed by atoms with van der Waals surface area (Å²) >= 11 is 1.54. The number of benzene rings is 1. The second kappa shape index (κ2) is 10.2. The maximum absolute atomic E-state index is 13.7. The summed E-state index contributed by atoms with van der Waals surface area (Å²) < 4.78 is 16.2. The first kappa shape index (κ1) is 24.3. The molecule has 8 nitrogen and oxygen atoms in total. The van der Waals surface area contributed by atoms with Crippen molar-refractivity contribution in [3.05, 3.63) is 33.7 Å². The average molecular weight is 489 g/mol. The first-order valence-corrected chi connectivity index (χ1v) is 12.5. The van der Waals surface area contributed by atoms with Crippen LogP contribution in [-0.4, -0.2) is 71.3 Å². The predicted octanol–water partition coefficient (Wildman–Crippen LogP) is 2.12. The Kier molecular flexibility index (Phi) is 7.33. The monoisotopic (exact) mass is 488 g/mol. The number of anilines is 1. The summed E-state index contributed by atoms with van der Waals surface area (Å²) in [6.07, 6.45) is 2.86. The molecule has 0 spiro atoms. The van der Waals surface area contributed by atoms with Crippen molar-refractivity contribution in [2.45, 2.75) is 26.2 Å². The molecule has 0 radical (unpaired) electrons. The van der Waals surface area contributed by atoms with Gasteiger partial charge in [-0.05, 0) is 42.9 Å². The van der Waals surface area contributed by atoms with E-state index in [0.29, 0.717) is 39.3 Å². The second-order valence-electron chi connectivity index (χ2n) is 9.17. The van der Waals surface area contributed by atoms with Gasteiger partial charge in [-0.3, -0.25) is 9.59 Å². The van der Waals surface area contributed by atoms with Crippen LogP contribution in [0.25, 0.3) is 0 Å². The predicted molar refractivity (Wildman–Crippen MR) is 132 cm³/mol. The highest BCUT2D eigenvalue weighted by atomic mass is 32.1. The first-order chi connectivity index (χ1) is 16.4. The van der Waals surface area contributed by atoms with Crippen LogP contribution >= 0.6 is 11.3 Å². The molecule has 1 unspecified atom stereocenters. The fraction of sp³-hybridized carbons (Fsp3) is 0.520. The zero-order chi connectivity index (χ0) is 24.4. The van der Waals surface area contributed by atoms with Gasteiger partial charge in [0.25, 0.3) is 11.8 Å². The fourth-order valence-electron chi connectivity index (χ4n) is 4.70. The molecule has 1 saturated heterocycles. The van der Waals surface area contributed by atoms with E-state index in [2.05, 4.69) is 19.3 Å². The number of ether oxygens (including phenoxy) is 3. The molecular weight excluding hydrogens is 454 g/mol. The molecule has 2 aliphatic rings. The fourth-order valence-corrected chi connectivity index (χ4v) is 6.10. The molecule has 2 amide bonds. The van der Waals surface area contributed by atoms with Gasteiger partial charge < -0.3 is 29.3 Å². The summed E-state index contributed by atoms with van der Waals surface area (Å²) in [6.45, 7) is 5.56. The Hall–Kier alpha value is -2.78. The molecule has 0 saturated carbocycles. The Morgan fingerprint density at radius 2 is 1.74 bits per heavy atom. The van der Waals surface area contributed by atoms with Crippen LogP contribution in [0.1, 0.15) is 44.5 Å². The lowest BCUT2D eigenvalue weighted by molar-refractivity contribution is -0.883. The van der Waals surface area contributed by atoms with Crippen LogP contribution in [-0.2, 0) is 12.8 Å². The third-order valence-electron chi connectivity index (χ3n) is 6.78. The van der Waals surface area contributed by atoms with Gasteiger partial charge in [0.15, 0.2) is 11.5 Å². The number of nitrogens with one attached hydrogen (secondary N) is 2. The topological polar surface area (TPSA) is 81.5 Å². The van der Waals surface area contributed by atoms with E-state index < -0.39 is 0 Å². The van der Waals surface area contributed by atoms with Crippen molar-refractivity contribution in [3.63, 3.8) is 0 Å². The van der Waals surface area contributed by atoms with Crippen LogP contribution in [0.15, 0.2) is 12.1 Å². The van der Waals surface area contributed by atoms with Gasteiger partial charge >= 0.3 is 0 Å². The molecular formula is C25H34N3O5S+. The molecule has 1 aliphatic carbocycles. The van der Waals surface area contributed by atoms with E-state index in [1.165, 1.54) is 42.4 Å². The van der Waals surface area contributed by atoms with Gasteiger partial charge in [0.05, 0.1) is 60.1 Å². The van der Waals surface area contributed by atoms with Gasteiger partial charge in [-0.2, -0.15) is 0 Å². The summed E-state index contributed by atoms with van der Waals surface area (Å²) in [4.78, 5) is 31.6. The van der Waals surface area contributed by atoms with Gasteiger partial charge in [0.1, 0.15) is 5.00 Å². The molecule has 1 aromatic carbocycles. The van der Waals surface area contributed by atoms with Crippen LogP contribution < -0.4 is 24.4 Å². The number of carbonyl (C=O) groups is 2. The largest absolute Gasteiger partial charge is 0.493 e. The van der Waals surface area contributed by atoms with E-state index in [9.17, 15) is 9.59 Å². The summed E-state index contributed by atoms with van der Waals surface area (Å²) in [5.74, 6) is 1.52.